The molecule has 1 amide bonds. The van der Waals surface area contributed by atoms with Crippen molar-refractivity contribution in [2.24, 2.45) is 0 Å². The molecule has 0 atom stereocenters. The van der Waals surface area contributed by atoms with Gasteiger partial charge in [0.05, 0.1) is 6.26 Å². The molecule has 100 valence electrons. The van der Waals surface area contributed by atoms with Gasteiger partial charge in [0.25, 0.3) is 0 Å². The lowest BCUT2D eigenvalue weighted by Gasteiger charge is -2.16. The molecular weight excluding hydrogens is 228 g/mol. The average molecular weight is 254 g/mol. The van der Waals surface area contributed by atoms with Gasteiger partial charge in [0.1, 0.15) is 0 Å². The van der Waals surface area contributed by atoms with E-state index in [9.17, 15) is 13.2 Å². The highest BCUT2D eigenvalue weighted by Crippen LogP contribution is 1.91. The Morgan fingerprint density at radius 3 is 1.62 bits per heavy atom. The second kappa shape index (κ2) is 12.4. The number of carbonyl (C=O) groups excluding carboxylic acids is 1. The fourth-order valence-corrected chi connectivity index (χ4v) is 0.930. The van der Waals surface area contributed by atoms with Crippen LogP contribution in [0.15, 0.2) is 0 Å². The van der Waals surface area contributed by atoms with Crippen molar-refractivity contribution in [2.45, 2.75) is 27.7 Å². The van der Waals surface area contributed by atoms with Crippen molar-refractivity contribution in [2.75, 3.05) is 33.4 Å². The summed E-state index contributed by atoms with van der Waals surface area (Å²) in [5.74, 6) is 0. The summed E-state index contributed by atoms with van der Waals surface area (Å²) >= 11 is 0. The van der Waals surface area contributed by atoms with Gasteiger partial charge in [0.15, 0.2) is 0 Å². The molecule has 0 saturated carbocycles. The van der Waals surface area contributed by atoms with E-state index >= 15 is 0 Å². The number of hydrogen-bond donors (Lipinski definition) is 0. The maximum absolute atomic E-state index is 10.9. The fourth-order valence-electron chi connectivity index (χ4n) is 0.517. The van der Waals surface area contributed by atoms with Crippen LogP contribution >= 0.6 is 0 Å². The van der Waals surface area contributed by atoms with Crippen molar-refractivity contribution in [3.8, 4) is 0 Å². The molecule has 0 N–H and O–H groups in total. The lowest BCUT2D eigenvalue weighted by molar-refractivity contribution is -0.117. The molecule has 0 fully saturated rings. The first-order valence-electron chi connectivity index (χ1n) is 5.44. The van der Waals surface area contributed by atoms with Crippen LogP contribution in [0.3, 0.4) is 0 Å². The minimum atomic E-state index is -3.12. The zero-order chi connectivity index (χ0) is 13.8. The largest absolute Gasteiger partial charge is 0.347 e. The minimum absolute atomic E-state index is 0.327. The molecule has 0 aliphatic rings. The highest BCUT2D eigenvalue weighted by molar-refractivity contribution is 7.88. The fraction of sp³-hybridized carbons (Fsp3) is 0.900. The number of sulfonamides is 1. The second-order valence-corrected chi connectivity index (χ2v) is 4.76. The summed E-state index contributed by atoms with van der Waals surface area (Å²) in [5.41, 5.74) is 0. The minimum Gasteiger partial charge on any atom is -0.347 e. The van der Waals surface area contributed by atoms with Gasteiger partial charge in [-0.3, -0.25) is 4.79 Å². The number of hydrogen-bond acceptors (Lipinski definition) is 3. The quantitative estimate of drug-likeness (QED) is 0.688. The zero-order valence-corrected chi connectivity index (χ0v) is 12.3. The molecule has 16 heavy (non-hydrogen) atoms. The van der Waals surface area contributed by atoms with Crippen LogP contribution in [0.1, 0.15) is 27.7 Å². The number of amides is 1. The van der Waals surface area contributed by atoms with E-state index in [0.29, 0.717) is 19.5 Å². The van der Waals surface area contributed by atoms with Gasteiger partial charge in [-0.15, -0.1) is 0 Å². The molecule has 0 bridgehead atoms. The van der Waals surface area contributed by atoms with Crippen molar-refractivity contribution in [1.29, 1.82) is 0 Å². The molecule has 0 aliphatic heterocycles. The summed E-state index contributed by atoms with van der Waals surface area (Å²) in [6, 6.07) is 0. The van der Waals surface area contributed by atoms with E-state index in [-0.39, 0.29) is 0 Å². The molecule has 0 spiro atoms. The maximum atomic E-state index is 10.9. The van der Waals surface area contributed by atoms with E-state index in [1.165, 1.54) is 16.3 Å². The topological polar surface area (TPSA) is 57.7 Å². The van der Waals surface area contributed by atoms with E-state index in [0.717, 1.165) is 6.26 Å². The van der Waals surface area contributed by atoms with Crippen LogP contribution in [0.2, 0.25) is 0 Å². The summed E-state index contributed by atoms with van der Waals surface area (Å²) < 4.78 is 22.9. The van der Waals surface area contributed by atoms with Gasteiger partial charge in [-0.2, -0.15) is 0 Å². The number of likely N-dealkylation sites (N-methyl/N-ethyl adjacent to an activating group) is 2. The first-order valence-corrected chi connectivity index (χ1v) is 7.29. The smallest absolute Gasteiger partial charge is 0.211 e. The molecule has 0 aromatic heterocycles. The molecule has 5 nitrogen and oxygen atoms in total. The molecule has 0 saturated heterocycles. The normalized spacial score (nSPS) is 9.50. The summed E-state index contributed by atoms with van der Waals surface area (Å²) in [7, 11) is -0.0355. The lowest BCUT2D eigenvalue weighted by atomic mass is 10.6. The van der Waals surface area contributed by atoms with Crippen LogP contribution in [-0.2, 0) is 14.8 Å². The van der Waals surface area contributed by atoms with E-state index in [1.54, 1.807) is 7.05 Å². The number of nitrogens with zero attached hydrogens (tertiary/aromatic N) is 2. The molecule has 0 radical (unpaired) electrons. The summed E-state index contributed by atoms with van der Waals surface area (Å²) in [6.45, 7) is 8.74. The van der Waals surface area contributed by atoms with E-state index in [4.69, 9.17) is 0 Å². The van der Waals surface area contributed by atoms with Crippen LogP contribution in [0.4, 0.5) is 0 Å². The Bertz CT molecular complexity index is 240. The van der Waals surface area contributed by atoms with E-state index in [2.05, 4.69) is 0 Å². The lowest BCUT2D eigenvalue weighted by Crippen LogP contribution is -2.33. The monoisotopic (exact) mass is 254 g/mol. The van der Waals surface area contributed by atoms with Crippen molar-refractivity contribution in [3.05, 3.63) is 0 Å². The third-order valence-electron chi connectivity index (χ3n) is 1.51. The van der Waals surface area contributed by atoms with Crippen molar-refractivity contribution >= 4 is 16.4 Å². The predicted molar refractivity (Wildman–Crippen MR) is 68.9 cm³/mol. The third kappa shape index (κ3) is 13.4. The standard InChI is InChI=1S/C6H14N2O3S.2C2H6/c1-7(6-9)4-5-8(2)12(3,10)11;2*1-2/h6H,4-5H2,1-3H3;2*1-2H3. The summed E-state index contributed by atoms with van der Waals surface area (Å²) in [4.78, 5) is 11.5. The van der Waals surface area contributed by atoms with Crippen molar-refractivity contribution < 1.29 is 13.2 Å². The molecule has 0 unspecified atom stereocenters. The van der Waals surface area contributed by atoms with Crippen LogP contribution < -0.4 is 0 Å². The van der Waals surface area contributed by atoms with Crippen molar-refractivity contribution in [1.82, 2.24) is 9.21 Å². The molecule has 0 aliphatic carbocycles. The first kappa shape index (κ1) is 20.8. The number of rotatable bonds is 5. The Hall–Kier alpha value is -0.620. The molecule has 0 aromatic carbocycles. The third-order valence-corrected chi connectivity index (χ3v) is 2.83. The molecule has 0 aromatic rings. The van der Waals surface area contributed by atoms with Gasteiger partial charge in [0.2, 0.25) is 16.4 Å². The maximum Gasteiger partial charge on any atom is 0.211 e. The second-order valence-electron chi connectivity index (χ2n) is 2.67. The van der Waals surface area contributed by atoms with E-state index < -0.39 is 10.0 Å². The Balaban J connectivity index is -0.000000376. The van der Waals surface area contributed by atoms with E-state index in [1.807, 2.05) is 27.7 Å². The Labute approximate surface area is 100 Å². The van der Waals surface area contributed by atoms with Gasteiger partial charge >= 0.3 is 0 Å². The summed E-state index contributed by atoms with van der Waals surface area (Å²) in [5, 5.41) is 0. The molecule has 0 heterocycles. The van der Waals surface area contributed by atoms with Gasteiger partial charge < -0.3 is 4.90 Å². The average Bonchev–Trinajstić information content (AvgIpc) is 2.29. The van der Waals surface area contributed by atoms with Crippen molar-refractivity contribution in [3.63, 3.8) is 0 Å². The van der Waals surface area contributed by atoms with Gasteiger partial charge in [-0.05, 0) is 0 Å². The van der Waals surface area contributed by atoms with Crippen LogP contribution in [0.5, 0.6) is 0 Å². The van der Waals surface area contributed by atoms with Crippen LogP contribution in [0.25, 0.3) is 0 Å². The van der Waals surface area contributed by atoms with Gasteiger partial charge in [-0.25, -0.2) is 12.7 Å². The van der Waals surface area contributed by atoms with Crippen LogP contribution in [-0.4, -0.2) is 57.5 Å². The molecular formula is C10H26N2O3S. The predicted octanol–water partition coefficient (Wildman–Crippen LogP) is 1.02. The Morgan fingerprint density at radius 1 is 1.00 bits per heavy atom. The molecule has 6 heteroatoms. The summed E-state index contributed by atoms with van der Waals surface area (Å²) in [6.07, 6.45) is 1.80. The number of carbonyl (C=O) groups is 1. The highest BCUT2D eigenvalue weighted by atomic mass is 32.2. The Kier molecular flexibility index (Phi) is 16.1. The Morgan fingerprint density at radius 2 is 1.38 bits per heavy atom. The molecule has 0 rings (SSSR count). The SMILES string of the molecule is CC.CC.CN(C=O)CCN(C)S(C)(=O)=O. The highest BCUT2D eigenvalue weighted by Gasteiger charge is 2.10. The van der Waals surface area contributed by atoms with Gasteiger partial charge in [-0.1, -0.05) is 27.7 Å². The first-order chi connectivity index (χ1) is 7.38. The van der Waals surface area contributed by atoms with Gasteiger partial charge in [0, 0.05) is 27.2 Å². The van der Waals surface area contributed by atoms with Crippen LogP contribution in [0, 0.1) is 0 Å². The zero-order valence-electron chi connectivity index (χ0n) is 11.5.